The average molecular weight is 312 g/mol. The molecule has 1 heterocycles. The summed E-state index contributed by atoms with van der Waals surface area (Å²) in [5.41, 5.74) is 5.90. The van der Waals surface area contributed by atoms with Gasteiger partial charge in [-0.1, -0.05) is 37.5 Å². The minimum absolute atomic E-state index is 0.104. The van der Waals surface area contributed by atoms with Crippen LogP contribution < -0.4 is 16.0 Å². The lowest BCUT2D eigenvalue weighted by atomic mass is 10.1. The molecule has 0 spiro atoms. The van der Waals surface area contributed by atoms with Crippen LogP contribution in [0.25, 0.3) is 0 Å². The molecule has 0 aliphatic rings. The van der Waals surface area contributed by atoms with Crippen molar-refractivity contribution >= 4 is 28.2 Å². The van der Waals surface area contributed by atoms with E-state index in [1.807, 2.05) is 6.92 Å². The molecule has 5 nitrogen and oxygen atoms in total. The van der Waals surface area contributed by atoms with Gasteiger partial charge in [-0.15, -0.1) is 0 Å². The summed E-state index contributed by atoms with van der Waals surface area (Å²) >= 11 is 1.37. The number of unbranched alkanes of at least 4 members (excludes halogenated alkanes) is 2. The van der Waals surface area contributed by atoms with E-state index in [9.17, 15) is 4.79 Å². The Morgan fingerprint density at radius 1 is 1.33 bits per heavy atom. The highest BCUT2D eigenvalue weighted by molar-refractivity contribution is 7.18. The van der Waals surface area contributed by atoms with Crippen molar-refractivity contribution in [1.29, 1.82) is 0 Å². The van der Waals surface area contributed by atoms with Crippen LogP contribution in [0.2, 0.25) is 0 Å². The minimum Gasteiger partial charge on any atom is -0.382 e. The molecule has 0 radical (unpaired) electrons. The van der Waals surface area contributed by atoms with E-state index < -0.39 is 0 Å². The summed E-state index contributed by atoms with van der Waals surface area (Å²) in [6.07, 6.45) is 4.53. The molecule has 6 heteroatoms. The molecule has 1 unspecified atom stereocenters. The van der Waals surface area contributed by atoms with Crippen molar-refractivity contribution in [2.45, 2.75) is 59.4 Å². The first-order valence-corrected chi connectivity index (χ1v) is 8.67. The molecule has 1 aromatic heterocycles. The first-order valence-electron chi connectivity index (χ1n) is 7.85. The van der Waals surface area contributed by atoms with E-state index in [0.29, 0.717) is 10.7 Å². The Labute approximate surface area is 131 Å². The van der Waals surface area contributed by atoms with Gasteiger partial charge in [-0.3, -0.25) is 4.79 Å². The second-order valence-electron chi connectivity index (χ2n) is 5.25. The minimum atomic E-state index is -0.104. The maximum atomic E-state index is 12.3. The number of nitrogen functional groups attached to an aromatic ring is 1. The number of hydrogen-bond acceptors (Lipinski definition) is 5. The summed E-state index contributed by atoms with van der Waals surface area (Å²) in [4.78, 5) is 19.2. The van der Waals surface area contributed by atoms with Gasteiger partial charge in [-0.2, -0.15) is 0 Å². The predicted octanol–water partition coefficient (Wildman–Crippen LogP) is 3.27. The largest absolute Gasteiger partial charge is 0.382 e. The fourth-order valence-corrected chi connectivity index (χ4v) is 3.19. The zero-order chi connectivity index (χ0) is 15.8. The van der Waals surface area contributed by atoms with Crippen molar-refractivity contribution in [3.05, 3.63) is 4.88 Å². The van der Waals surface area contributed by atoms with Gasteiger partial charge in [-0.25, -0.2) is 4.98 Å². The van der Waals surface area contributed by atoms with E-state index in [1.54, 1.807) is 0 Å². The van der Waals surface area contributed by atoms with Crippen LogP contribution in [0.15, 0.2) is 0 Å². The molecule has 0 aliphatic heterocycles. The molecule has 0 aliphatic carbocycles. The molecular formula is C15H28N4OS. The highest BCUT2D eigenvalue weighted by atomic mass is 32.1. The number of hydrogen-bond donors (Lipinski definition) is 2. The molecule has 1 atom stereocenters. The number of carbonyl (C=O) groups excluding carboxylic acids is 1. The fourth-order valence-electron chi connectivity index (χ4n) is 2.17. The maximum Gasteiger partial charge on any atom is 0.265 e. The Morgan fingerprint density at radius 2 is 2.00 bits per heavy atom. The first-order chi connectivity index (χ1) is 10.0. The normalized spacial score (nSPS) is 12.2. The van der Waals surface area contributed by atoms with E-state index in [2.05, 4.69) is 36.0 Å². The third kappa shape index (κ3) is 5.19. The van der Waals surface area contributed by atoms with Crippen molar-refractivity contribution in [3.63, 3.8) is 0 Å². The quantitative estimate of drug-likeness (QED) is 0.687. The molecule has 0 aromatic carbocycles. The van der Waals surface area contributed by atoms with Crippen LogP contribution in [0.3, 0.4) is 0 Å². The number of nitrogens with zero attached hydrogens (tertiary/aromatic N) is 2. The molecule has 0 fully saturated rings. The van der Waals surface area contributed by atoms with Gasteiger partial charge in [0.25, 0.3) is 5.91 Å². The molecule has 1 amide bonds. The van der Waals surface area contributed by atoms with Gasteiger partial charge in [0.15, 0.2) is 5.13 Å². The summed E-state index contributed by atoms with van der Waals surface area (Å²) in [6, 6.07) is 0.169. The highest BCUT2D eigenvalue weighted by Gasteiger charge is 2.19. The van der Waals surface area contributed by atoms with Gasteiger partial charge in [-0.05, 0) is 27.2 Å². The molecule has 21 heavy (non-hydrogen) atoms. The van der Waals surface area contributed by atoms with E-state index in [4.69, 9.17) is 5.73 Å². The number of rotatable bonds is 9. The zero-order valence-corrected chi connectivity index (χ0v) is 14.4. The molecule has 3 N–H and O–H groups in total. The van der Waals surface area contributed by atoms with E-state index >= 15 is 0 Å². The van der Waals surface area contributed by atoms with Gasteiger partial charge in [0, 0.05) is 19.1 Å². The van der Waals surface area contributed by atoms with Crippen LogP contribution in [-0.2, 0) is 0 Å². The summed E-state index contributed by atoms with van der Waals surface area (Å²) < 4.78 is 0. The fraction of sp³-hybridized carbons (Fsp3) is 0.733. The number of aromatic nitrogens is 1. The van der Waals surface area contributed by atoms with Crippen molar-refractivity contribution in [1.82, 2.24) is 10.3 Å². The van der Waals surface area contributed by atoms with Gasteiger partial charge < -0.3 is 16.0 Å². The van der Waals surface area contributed by atoms with Crippen LogP contribution in [-0.4, -0.2) is 30.0 Å². The van der Waals surface area contributed by atoms with Crippen molar-refractivity contribution in [2.24, 2.45) is 0 Å². The van der Waals surface area contributed by atoms with Crippen LogP contribution in [0.5, 0.6) is 0 Å². The molecule has 1 aromatic rings. The molecule has 0 saturated carbocycles. The van der Waals surface area contributed by atoms with Gasteiger partial charge >= 0.3 is 0 Å². The number of carbonyl (C=O) groups is 1. The van der Waals surface area contributed by atoms with Gasteiger partial charge in [0.1, 0.15) is 10.7 Å². The second kappa shape index (κ2) is 8.87. The maximum absolute atomic E-state index is 12.3. The monoisotopic (exact) mass is 312 g/mol. The first kappa shape index (κ1) is 17.8. The lowest BCUT2D eigenvalue weighted by Gasteiger charge is -2.16. The van der Waals surface area contributed by atoms with Gasteiger partial charge in [0.2, 0.25) is 0 Å². The van der Waals surface area contributed by atoms with E-state index in [-0.39, 0.29) is 11.9 Å². The average Bonchev–Trinajstić information content (AvgIpc) is 2.82. The number of nitrogens with two attached hydrogens (primary N) is 1. The zero-order valence-electron chi connectivity index (χ0n) is 13.6. The Bertz CT molecular complexity index is 443. The van der Waals surface area contributed by atoms with Crippen LogP contribution in [0.4, 0.5) is 10.9 Å². The van der Waals surface area contributed by atoms with Crippen LogP contribution in [0, 0.1) is 0 Å². The number of thiazole rings is 1. The lowest BCUT2D eigenvalue weighted by Crippen LogP contribution is -2.32. The summed E-state index contributed by atoms with van der Waals surface area (Å²) in [5, 5.41) is 3.84. The number of nitrogens with one attached hydrogen (secondary N) is 1. The van der Waals surface area contributed by atoms with E-state index in [0.717, 1.165) is 31.1 Å². The molecule has 1 rings (SSSR count). The summed E-state index contributed by atoms with van der Waals surface area (Å²) in [7, 11) is 0. The Hall–Kier alpha value is -1.30. The molecule has 0 bridgehead atoms. The van der Waals surface area contributed by atoms with Crippen molar-refractivity contribution in [3.8, 4) is 0 Å². The summed E-state index contributed by atoms with van der Waals surface area (Å²) in [6.45, 7) is 10.1. The summed E-state index contributed by atoms with van der Waals surface area (Å²) in [5.74, 6) is 0.229. The Balaban J connectivity index is 2.65. The van der Waals surface area contributed by atoms with Gasteiger partial charge in [0.05, 0.1) is 0 Å². The lowest BCUT2D eigenvalue weighted by molar-refractivity contribution is 0.0942. The standard InChI is InChI=1S/C15H28N4OS/c1-5-8-9-10-11(4)17-14(20)12-13(16)18-15(21-12)19(6-2)7-3/h11H,5-10,16H2,1-4H3,(H,17,20). The molecule has 0 saturated heterocycles. The third-order valence-electron chi connectivity index (χ3n) is 3.50. The predicted molar refractivity (Wildman–Crippen MR) is 91.2 cm³/mol. The van der Waals surface area contributed by atoms with Crippen LogP contribution >= 0.6 is 11.3 Å². The molecular weight excluding hydrogens is 284 g/mol. The Kier molecular flexibility index (Phi) is 7.50. The second-order valence-corrected chi connectivity index (χ2v) is 6.23. The van der Waals surface area contributed by atoms with Crippen molar-refractivity contribution in [2.75, 3.05) is 23.7 Å². The third-order valence-corrected chi connectivity index (χ3v) is 4.63. The number of anilines is 2. The topological polar surface area (TPSA) is 71.2 Å². The van der Waals surface area contributed by atoms with Crippen LogP contribution in [0.1, 0.15) is 63.0 Å². The van der Waals surface area contributed by atoms with Crippen molar-refractivity contribution < 1.29 is 4.79 Å². The Morgan fingerprint density at radius 3 is 2.57 bits per heavy atom. The smallest absolute Gasteiger partial charge is 0.265 e. The van der Waals surface area contributed by atoms with E-state index in [1.165, 1.54) is 24.2 Å². The SMILES string of the molecule is CCCCCC(C)NC(=O)c1sc(N(CC)CC)nc1N. The number of amides is 1. The highest BCUT2D eigenvalue weighted by Crippen LogP contribution is 2.28. The molecule has 120 valence electrons.